The molecule has 0 spiro atoms. The van der Waals surface area contributed by atoms with E-state index in [0.717, 1.165) is 0 Å². The molecule has 0 fully saturated rings. The third-order valence-electron chi connectivity index (χ3n) is 2.45. The number of hydrogen-bond acceptors (Lipinski definition) is 6. The first-order valence-corrected chi connectivity index (χ1v) is 5.78. The van der Waals surface area contributed by atoms with Gasteiger partial charge in [-0.3, -0.25) is 0 Å². The number of nitrogens with zero attached hydrogens (tertiary/aromatic N) is 5. The van der Waals surface area contributed by atoms with Gasteiger partial charge in [0.15, 0.2) is 11.5 Å². The maximum Gasteiger partial charge on any atom is 0.233 e. The molecule has 0 radical (unpaired) electrons. The van der Waals surface area contributed by atoms with Crippen molar-refractivity contribution in [3.8, 4) is 5.88 Å². The molecule has 0 bridgehead atoms. The van der Waals surface area contributed by atoms with Gasteiger partial charge in [-0.15, -0.1) is 10.2 Å². The summed E-state index contributed by atoms with van der Waals surface area (Å²) in [5.74, 6) is 1.01. The maximum absolute atomic E-state index is 6.01. The van der Waals surface area contributed by atoms with Crippen LogP contribution < -0.4 is 10.1 Å². The van der Waals surface area contributed by atoms with Crippen LogP contribution in [0.25, 0.3) is 5.65 Å². The summed E-state index contributed by atoms with van der Waals surface area (Å²) in [5.41, 5.74) is 1.35. The van der Waals surface area contributed by atoms with Crippen molar-refractivity contribution in [1.29, 1.82) is 0 Å². The second-order valence-corrected chi connectivity index (χ2v) is 4.12. The third-order valence-corrected chi connectivity index (χ3v) is 2.66. The number of pyridine rings is 1. The first kappa shape index (κ1) is 11.7. The lowest BCUT2D eigenvalue weighted by molar-refractivity contribution is 0.392. The maximum atomic E-state index is 6.01. The minimum atomic E-state index is 0.448. The van der Waals surface area contributed by atoms with E-state index in [9.17, 15) is 0 Å². The zero-order valence-electron chi connectivity index (χ0n) is 9.91. The van der Waals surface area contributed by atoms with E-state index in [0.29, 0.717) is 28.1 Å². The fourth-order valence-electron chi connectivity index (χ4n) is 1.62. The minimum absolute atomic E-state index is 0.448. The predicted octanol–water partition coefficient (Wildman–Crippen LogP) is 1.92. The summed E-state index contributed by atoms with van der Waals surface area (Å²) in [5, 5.41) is 15.5. The number of ether oxygens (including phenoxy) is 1. The fraction of sp³-hybridized carbons (Fsp3) is 0.0909. The van der Waals surface area contributed by atoms with Gasteiger partial charge in [-0.05, 0) is 12.1 Å². The number of rotatable bonds is 3. The number of aromatic nitrogens is 5. The van der Waals surface area contributed by atoms with E-state index in [1.807, 2.05) is 0 Å². The van der Waals surface area contributed by atoms with Crippen LogP contribution in [-0.4, -0.2) is 31.9 Å². The van der Waals surface area contributed by atoms with Crippen molar-refractivity contribution >= 4 is 28.8 Å². The zero-order valence-corrected chi connectivity index (χ0v) is 10.7. The summed E-state index contributed by atoms with van der Waals surface area (Å²) < 4.78 is 6.53. The number of methoxy groups -OCH3 is 1. The average molecular weight is 277 g/mol. The molecule has 0 unspecified atom stereocenters. The molecular weight excluding hydrogens is 268 g/mol. The third kappa shape index (κ3) is 2.27. The van der Waals surface area contributed by atoms with Gasteiger partial charge >= 0.3 is 0 Å². The van der Waals surface area contributed by atoms with Gasteiger partial charge in [-0.2, -0.15) is 5.10 Å². The molecule has 19 heavy (non-hydrogen) atoms. The molecule has 0 aliphatic rings. The first-order valence-electron chi connectivity index (χ1n) is 5.40. The fourth-order valence-corrected chi connectivity index (χ4v) is 1.82. The highest BCUT2D eigenvalue weighted by molar-refractivity contribution is 6.30. The van der Waals surface area contributed by atoms with Gasteiger partial charge in [0.1, 0.15) is 6.33 Å². The van der Waals surface area contributed by atoms with Crippen LogP contribution in [0.1, 0.15) is 0 Å². The van der Waals surface area contributed by atoms with Gasteiger partial charge in [0.2, 0.25) is 5.88 Å². The van der Waals surface area contributed by atoms with E-state index in [4.69, 9.17) is 16.3 Å². The molecule has 3 aromatic rings. The monoisotopic (exact) mass is 276 g/mol. The molecule has 96 valence electrons. The molecule has 7 nitrogen and oxygen atoms in total. The molecular formula is C11H9ClN6O. The Balaban J connectivity index is 1.97. The van der Waals surface area contributed by atoms with Crippen LogP contribution in [0.15, 0.2) is 30.7 Å². The predicted molar refractivity (Wildman–Crippen MR) is 69.9 cm³/mol. The van der Waals surface area contributed by atoms with Crippen LogP contribution in [0.5, 0.6) is 5.88 Å². The van der Waals surface area contributed by atoms with Crippen molar-refractivity contribution in [3.63, 3.8) is 0 Å². The Kier molecular flexibility index (Phi) is 2.88. The topological polar surface area (TPSA) is 77.2 Å². The van der Waals surface area contributed by atoms with Crippen LogP contribution in [0.3, 0.4) is 0 Å². The summed E-state index contributed by atoms with van der Waals surface area (Å²) in [6.45, 7) is 0. The molecule has 3 rings (SSSR count). The van der Waals surface area contributed by atoms with Crippen molar-refractivity contribution in [2.75, 3.05) is 12.4 Å². The van der Waals surface area contributed by atoms with Gasteiger partial charge in [0.25, 0.3) is 0 Å². The number of halogens is 1. The highest BCUT2D eigenvalue weighted by atomic mass is 35.5. The Hall–Kier alpha value is -2.41. The van der Waals surface area contributed by atoms with E-state index < -0.39 is 0 Å². The van der Waals surface area contributed by atoms with E-state index in [1.165, 1.54) is 13.4 Å². The molecule has 0 saturated carbocycles. The van der Waals surface area contributed by atoms with E-state index >= 15 is 0 Å². The number of hydrogen-bond donors (Lipinski definition) is 1. The first-order chi connectivity index (χ1) is 9.26. The summed E-state index contributed by atoms with van der Waals surface area (Å²) >= 11 is 6.01. The second kappa shape index (κ2) is 4.69. The van der Waals surface area contributed by atoms with Crippen molar-refractivity contribution in [3.05, 3.63) is 35.7 Å². The van der Waals surface area contributed by atoms with Gasteiger partial charge in [-0.1, -0.05) is 11.6 Å². The lowest BCUT2D eigenvalue weighted by atomic mass is 10.4. The summed E-state index contributed by atoms with van der Waals surface area (Å²) in [6.07, 6.45) is 3.13. The zero-order chi connectivity index (χ0) is 13.2. The highest BCUT2D eigenvalue weighted by Crippen LogP contribution is 2.23. The number of anilines is 2. The lowest BCUT2D eigenvalue weighted by Gasteiger charge is -2.07. The van der Waals surface area contributed by atoms with Crippen molar-refractivity contribution in [1.82, 2.24) is 24.8 Å². The smallest absolute Gasteiger partial charge is 0.233 e. The normalized spacial score (nSPS) is 10.6. The largest absolute Gasteiger partial charge is 0.480 e. The minimum Gasteiger partial charge on any atom is -0.480 e. The van der Waals surface area contributed by atoms with Crippen LogP contribution in [0.2, 0.25) is 5.02 Å². The Labute approximate surface area is 113 Å². The molecule has 8 heteroatoms. The van der Waals surface area contributed by atoms with Crippen molar-refractivity contribution in [2.45, 2.75) is 0 Å². The Bertz CT molecular complexity index is 711. The molecule has 0 aromatic carbocycles. The van der Waals surface area contributed by atoms with Crippen LogP contribution in [0.4, 0.5) is 11.5 Å². The molecule has 0 atom stereocenters. The summed E-state index contributed by atoms with van der Waals surface area (Å²) in [6, 6.07) is 5.21. The van der Waals surface area contributed by atoms with E-state index in [2.05, 4.69) is 25.6 Å². The second-order valence-electron chi connectivity index (χ2n) is 3.69. The molecule has 0 aliphatic heterocycles. The molecule has 0 amide bonds. The lowest BCUT2D eigenvalue weighted by Crippen LogP contribution is -1.99. The molecule has 3 heterocycles. The quantitative estimate of drug-likeness (QED) is 0.787. The van der Waals surface area contributed by atoms with Crippen molar-refractivity contribution in [2.24, 2.45) is 0 Å². The van der Waals surface area contributed by atoms with E-state index in [-0.39, 0.29) is 0 Å². The van der Waals surface area contributed by atoms with Crippen LogP contribution in [-0.2, 0) is 0 Å². The van der Waals surface area contributed by atoms with Gasteiger partial charge < -0.3 is 10.1 Å². The Morgan fingerprint density at radius 3 is 2.95 bits per heavy atom. The SMILES string of the molecule is COc1ccc(Nc2cc(Cl)cn3ncnc23)nn1. The van der Waals surface area contributed by atoms with E-state index in [1.54, 1.807) is 28.9 Å². The summed E-state index contributed by atoms with van der Waals surface area (Å²) in [7, 11) is 1.54. The van der Waals surface area contributed by atoms with Crippen LogP contribution >= 0.6 is 11.6 Å². The average Bonchev–Trinajstić information content (AvgIpc) is 2.88. The highest BCUT2D eigenvalue weighted by Gasteiger charge is 2.07. The van der Waals surface area contributed by atoms with Gasteiger partial charge in [-0.25, -0.2) is 9.50 Å². The molecule has 0 saturated heterocycles. The molecule has 0 aliphatic carbocycles. The molecule has 1 N–H and O–H groups in total. The Morgan fingerprint density at radius 1 is 1.32 bits per heavy atom. The van der Waals surface area contributed by atoms with Gasteiger partial charge in [0, 0.05) is 12.3 Å². The summed E-state index contributed by atoms with van der Waals surface area (Å²) in [4.78, 5) is 4.15. The number of nitrogens with one attached hydrogen (secondary N) is 1. The standard InChI is InChI=1S/C11H9ClN6O/c1-19-10-3-2-9(16-17-10)15-8-4-7(12)5-18-11(8)13-6-14-18/h2-6H,1H3,(H,15,16). The van der Waals surface area contributed by atoms with Crippen LogP contribution in [0, 0.1) is 0 Å². The Morgan fingerprint density at radius 2 is 2.21 bits per heavy atom. The molecule has 3 aromatic heterocycles. The van der Waals surface area contributed by atoms with Gasteiger partial charge in [0.05, 0.1) is 17.8 Å². The number of fused-ring (bicyclic) bond motifs is 1. The van der Waals surface area contributed by atoms with Crippen molar-refractivity contribution < 1.29 is 4.74 Å².